The summed E-state index contributed by atoms with van der Waals surface area (Å²) in [5.41, 5.74) is 6.69. The summed E-state index contributed by atoms with van der Waals surface area (Å²) in [5.74, 6) is 1.10. The van der Waals surface area contributed by atoms with Gasteiger partial charge in [0, 0.05) is 23.8 Å². The van der Waals surface area contributed by atoms with Crippen molar-refractivity contribution in [2.24, 2.45) is 0 Å². The molecule has 0 spiro atoms. The van der Waals surface area contributed by atoms with Crippen molar-refractivity contribution in [3.05, 3.63) is 58.9 Å². The number of benzene rings is 1. The summed E-state index contributed by atoms with van der Waals surface area (Å²) in [7, 11) is 0. The predicted molar refractivity (Wildman–Crippen MR) is 103 cm³/mol. The summed E-state index contributed by atoms with van der Waals surface area (Å²) in [6.45, 7) is 7.62. The molecule has 1 aliphatic heterocycles. The van der Waals surface area contributed by atoms with Crippen LogP contribution in [0, 0.1) is 13.8 Å². The van der Waals surface area contributed by atoms with Gasteiger partial charge in [0.15, 0.2) is 5.82 Å². The number of nitrogens with one attached hydrogen (secondary N) is 1. The first-order chi connectivity index (χ1) is 11.2. The quantitative estimate of drug-likeness (QED) is 0.702. The summed E-state index contributed by atoms with van der Waals surface area (Å²) in [6.07, 6.45) is 4.13. The molecule has 4 rings (SSSR count). The predicted octanol–water partition coefficient (Wildman–Crippen LogP) is 5.12. The van der Waals surface area contributed by atoms with Crippen LogP contribution in [0.3, 0.4) is 0 Å². The van der Waals surface area contributed by atoms with Gasteiger partial charge in [-0.2, -0.15) is 0 Å². The Morgan fingerprint density at radius 1 is 1.21 bits per heavy atom. The van der Waals surface area contributed by atoms with Gasteiger partial charge < -0.3 is 9.88 Å². The Morgan fingerprint density at radius 3 is 2.79 bits per heavy atom. The van der Waals surface area contributed by atoms with Crippen LogP contribution < -0.4 is 4.90 Å². The number of pyridine rings is 1. The van der Waals surface area contributed by atoms with Crippen LogP contribution in [0.1, 0.15) is 41.8 Å². The number of rotatable bonds is 2. The zero-order valence-corrected chi connectivity index (χ0v) is 15.3. The summed E-state index contributed by atoms with van der Waals surface area (Å²) >= 11 is 0. The van der Waals surface area contributed by atoms with Crippen molar-refractivity contribution in [2.45, 2.75) is 39.7 Å². The molecule has 1 unspecified atom stereocenters. The van der Waals surface area contributed by atoms with E-state index in [1.54, 1.807) is 0 Å². The molecule has 1 aliphatic rings. The van der Waals surface area contributed by atoms with Gasteiger partial charge in [0.1, 0.15) is 0 Å². The maximum atomic E-state index is 4.75. The van der Waals surface area contributed by atoms with Gasteiger partial charge in [-0.3, -0.25) is 0 Å². The van der Waals surface area contributed by atoms with Crippen LogP contribution in [0.5, 0.6) is 0 Å². The fourth-order valence-corrected chi connectivity index (χ4v) is 3.93. The minimum atomic E-state index is 0. The Bertz CT molecular complexity index is 868. The maximum Gasteiger partial charge on any atom is 0.153 e. The van der Waals surface area contributed by atoms with Crippen molar-refractivity contribution in [1.82, 2.24) is 9.97 Å². The standard InChI is InChI=1S/C20H23N3.ClH/c1-4-18-17-8-6-5-7-15(17)10-12-23(18)20-19-16(9-11-21-20)13(2)14(3)22-19;/h5-9,11,18,22H,4,10,12H2,1-3H3;1H. The lowest BCUT2D eigenvalue weighted by Crippen LogP contribution is -2.35. The van der Waals surface area contributed by atoms with Crippen LogP contribution in [0.4, 0.5) is 5.82 Å². The zero-order valence-electron chi connectivity index (χ0n) is 14.5. The number of fused-ring (bicyclic) bond motifs is 2. The lowest BCUT2D eigenvalue weighted by Gasteiger charge is -2.38. The first-order valence-electron chi connectivity index (χ1n) is 8.49. The minimum absolute atomic E-state index is 0. The van der Waals surface area contributed by atoms with Crippen molar-refractivity contribution < 1.29 is 0 Å². The summed E-state index contributed by atoms with van der Waals surface area (Å²) in [6, 6.07) is 11.4. The highest BCUT2D eigenvalue weighted by Gasteiger charge is 2.28. The molecule has 4 heteroatoms. The Hall–Kier alpha value is -2.00. The molecule has 3 aromatic rings. The highest BCUT2D eigenvalue weighted by atomic mass is 35.5. The Morgan fingerprint density at radius 2 is 2.00 bits per heavy atom. The van der Waals surface area contributed by atoms with Crippen molar-refractivity contribution in [1.29, 1.82) is 0 Å². The van der Waals surface area contributed by atoms with E-state index in [9.17, 15) is 0 Å². The molecule has 3 nitrogen and oxygen atoms in total. The molecule has 1 atom stereocenters. The minimum Gasteiger partial charge on any atom is -0.355 e. The van der Waals surface area contributed by atoms with Crippen LogP contribution >= 0.6 is 12.4 Å². The SMILES string of the molecule is CCC1c2ccccc2CCN1c1nccc2c(C)c(C)[nH]c12.Cl. The van der Waals surface area contributed by atoms with Gasteiger partial charge in [-0.1, -0.05) is 31.2 Å². The largest absolute Gasteiger partial charge is 0.355 e. The van der Waals surface area contributed by atoms with Gasteiger partial charge >= 0.3 is 0 Å². The van der Waals surface area contributed by atoms with E-state index in [0.29, 0.717) is 6.04 Å². The number of halogens is 1. The molecule has 0 amide bonds. The van der Waals surface area contributed by atoms with Crippen molar-refractivity contribution in [3.8, 4) is 0 Å². The fourth-order valence-electron chi connectivity index (χ4n) is 3.93. The number of aromatic amines is 1. The second kappa shape index (κ2) is 6.48. The molecule has 0 saturated heterocycles. The van der Waals surface area contributed by atoms with E-state index >= 15 is 0 Å². The first kappa shape index (κ1) is 16.8. The summed E-state index contributed by atoms with van der Waals surface area (Å²) in [5, 5.41) is 1.29. The smallest absolute Gasteiger partial charge is 0.153 e. The number of nitrogens with zero attached hydrogens (tertiary/aromatic N) is 2. The van der Waals surface area contributed by atoms with Gasteiger partial charge in [0.25, 0.3) is 0 Å². The van der Waals surface area contributed by atoms with E-state index in [1.165, 1.54) is 33.3 Å². The van der Waals surface area contributed by atoms with Crippen LogP contribution in [-0.4, -0.2) is 16.5 Å². The van der Waals surface area contributed by atoms with Crippen LogP contribution in [0.2, 0.25) is 0 Å². The van der Waals surface area contributed by atoms with Crippen molar-refractivity contribution in [2.75, 3.05) is 11.4 Å². The average Bonchev–Trinajstić information content (AvgIpc) is 2.88. The topological polar surface area (TPSA) is 31.9 Å². The third-order valence-electron chi connectivity index (χ3n) is 5.28. The normalized spacial score (nSPS) is 16.8. The van der Waals surface area contributed by atoms with E-state index in [-0.39, 0.29) is 12.4 Å². The van der Waals surface area contributed by atoms with Crippen LogP contribution in [0.25, 0.3) is 10.9 Å². The number of H-pyrrole nitrogens is 1. The summed E-state index contributed by atoms with van der Waals surface area (Å²) < 4.78 is 0. The Kier molecular flexibility index (Phi) is 4.55. The second-order valence-corrected chi connectivity index (χ2v) is 6.50. The van der Waals surface area contributed by atoms with Crippen molar-refractivity contribution >= 4 is 29.1 Å². The van der Waals surface area contributed by atoms with Crippen LogP contribution in [0.15, 0.2) is 36.5 Å². The molecule has 0 radical (unpaired) electrons. The van der Waals surface area contributed by atoms with E-state index < -0.39 is 0 Å². The molecule has 24 heavy (non-hydrogen) atoms. The molecular weight excluding hydrogens is 318 g/mol. The molecule has 3 heterocycles. The highest BCUT2D eigenvalue weighted by Crippen LogP contribution is 2.38. The second-order valence-electron chi connectivity index (χ2n) is 6.50. The molecule has 1 aromatic carbocycles. The lowest BCUT2D eigenvalue weighted by molar-refractivity contribution is 0.563. The van der Waals surface area contributed by atoms with Gasteiger partial charge in [-0.05, 0) is 49.4 Å². The van der Waals surface area contributed by atoms with Gasteiger partial charge in [0.05, 0.1) is 11.6 Å². The Labute approximate surface area is 149 Å². The van der Waals surface area contributed by atoms with Crippen LogP contribution in [-0.2, 0) is 6.42 Å². The van der Waals surface area contributed by atoms with Gasteiger partial charge in [-0.25, -0.2) is 4.98 Å². The molecule has 0 aliphatic carbocycles. The molecule has 0 saturated carbocycles. The van der Waals surface area contributed by atoms with E-state index in [2.05, 4.69) is 61.0 Å². The third kappa shape index (κ3) is 2.48. The number of hydrogen-bond acceptors (Lipinski definition) is 2. The average molecular weight is 342 g/mol. The maximum absolute atomic E-state index is 4.75. The zero-order chi connectivity index (χ0) is 16.0. The monoisotopic (exact) mass is 341 g/mol. The number of anilines is 1. The van der Waals surface area contributed by atoms with Gasteiger partial charge in [0.2, 0.25) is 0 Å². The highest BCUT2D eigenvalue weighted by molar-refractivity contribution is 5.92. The third-order valence-corrected chi connectivity index (χ3v) is 5.28. The molecule has 0 bridgehead atoms. The van der Waals surface area contributed by atoms with E-state index in [4.69, 9.17) is 4.98 Å². The van der Waals surface area contributed by atoms with Gasteiger partial charge in [-0.15, -0.1) is 12.4 Å². The number of hydrogen-bond donors (Lipinski definition) is 1. The van der Waals surface area contributed by atoms with E-state index in [0.717, 1.165) is 25.2 Å². The lowest BCUT2D eigenvalue weighted by atomic mass is 9.91. The van der Waals surface area contributed by atoms with Crippen molar-refractivity contribution in [3.63, 3.8) is 0 Å². The molecule has 1 N–H and O–H groups in total. The molecule has 0 fully saturated rings. The fraction of sp³-hybridized carbons (Fsp3) is 0.350. The summed E-state index contributed by atoms with van der Waals surface area (Å²) in [4.78, 5) is 10.8. The Balaban J connectivity index is 0.00000169. The molecule has 2 aromatic heterocycles. The number of aryl methyl sites for hydroxylation is 2. The first-order valence-corrected chi connectivity index (χ1v) is 8.49. The molecular formula is C20H24ClN3. The number of aromatic nitrogens is 2. The van der Waals surface area contributed by atoms with E-state index in [1.807, 2.05) is 6.20 Å². The molecule has 126 valence electrons.